The Balaban J connectivity index is 2.94. The van der Waals surface area contributed by atoms with Crippen molar-refractivity contribution in [3.8, 4) is 6.01 Å². The Kier molecular flexibility index (Phi) is 3.88. The number of nitrogens with zero attached hydrogens (tertiary/aromatic N) is 3. The maximum Gasteiger partial charge on any atom is 0.317 e. The summed E-state index contributed by atoms with van der Waals surface area (Å²) in [6.45, 7) is 7.27. The molecular formula is C9H18N4O. The predicted molar refractivity (Wildman–Crippen MR) is 54.3 cm³/mol. The summed E-state index contributed by atoms with van der Waals surface area (Å²) >= 11 is 0. The molecule has 1 rings (SSSR count). The van der Waals surface area contributed by atoms with Gasteiger partial charge >= 0.3 is 6.01 Å². The molecule has 0 atom stereocenters. The number of rotatable bonds is 5. The van der Waals surface area contributed by atoms with Crippen molar-refractivity contribution >= 4 is 0 Å². The first-order valence-electron chi connectivity index (χ1n) is 4.97. The molecule has 0 saturated carbocycles. The van der Waals surface area contributed by atoms with Gasteiger partial charge in [-0.05, 0) is 27.3 Å². The summed E-state index contributed by atoms with van der Waals surface area (Å²) in [6, 6.07) is 0.888. The average Bonchev–Trinajstić information content (AvgIpc) is 2.49. The molecule has 5 heteroatoms. The van der Waals surface area contributed by atoms with Gasteiger partial charge in [0.25, 0.3) is 0 Å². The van der Waals surface area contributed by atoms with Gasteiger partial charge in [-0.1, -0.05) is 5.10 Å². The molecule has 0 unspecified atom stereocenters. The van der Waals surface area contributed by atoms with E-state index in [4.69, 9.17) is 10.5 Å². The van der Waals surface area contributed by atoms with E-state index in [9.17, 15) is 0 Å². The van der Waals surface area contributed by atoms with E-state index < -0.39 is 0 Å². The average molecular weight is 198 g/mol. The third-order valence-corrected chi connectivity index (χ3v) is 1.89. The minimum Gasteiger partial charge on any atom is -0.464 e. The highest BCUT2D eigenvalue weighted by molar-refractivity contribution is 5.03. The van der Waals surface area contributed by atoms with Gasteiger partial charge in [0.05, 0.1) is 6.61 Å². The van der Waals surface area contributed by atoms with E-state index in [0.29, 0.717) is 25.2 Å². The largest absolute Gasteiger partial charge is 0.464 e. The second-order valence-electron chi connectivity index (χ2n) is 3.33. The van der Waals surface area contributed by atoms with Crippen LogP contribution in [-0.4, -0.2) is 27.9 Å². The number of nitrogens with two attached hydrogens (primary N) is 1. The van der Waals surface area contributed by atoms with Gasteiger partial charge in [-0.25, -0.2) is 0 Å². The summed E-state index contributed by atoms with van der Waals surface area (Å²) < 4.78 is 7.36. The molecule has 14 heavy (non-hydrogen) atoms. The highest BCUT2D eigenvalue weighted by Crippen LogP contribution is 2.17. The van der Waals surface area contributed by atoms with Crippen molar-refractivity contribution in [2.24, 2.45) is 5.73 Å². The van der Waals surface area contributed by atoms with Gasteiger partial charge in [-0.15, -0.1) is 5.10 Å². The molecule has 0 aliphatic rings. The van der Waals surface area contributed by atoms with E-state index in [1.807, 2.05) is 11.5 Å². The van der Waals surface area contributed by atoms with Crippen LogP contribution in [0.4, 0.5) is 0 Å². The molecule has 1 aromatic heterocycles. The van der Waals surface area contributed by atoms with Crippen LogP contribution in [0.5, 0.6) is 6.01 Å². The molecule has 2 N–H and O–H groups in total. The molecule has 0 amide bonds. The Labute approximate surface area is 84.3 Å². The molecule has 80 valence electrons. The zero-order chi connectivity index (χ0) is 10.6. The third kappa shape index (κ3) is 2.23. The SMILES string of the molecule is CCOc1nnc(CCN)n1C(C)C. The maximum atomic E-state index is 5.49. The van der Waals surface area contributed by atoms with Crippen LogP contribution in [0, 0.1) is 0 Å². The van der Waals surface area contributed by atoms with Crippen LogP contribution < -0.4 is 10.5 Å². The van der Waals surface area contributed by atoms with E-state index in [0.717, 1.165) is 12.2 Å². The zero-order valence-electron chi connectivity index (χ0n) is 9.03. The first-order valence-corrected chi connectivity index (χ1v) is 4.97. The van der Waals surface area contributed by atoms with Gasteiger partial charge in [-0.3, -0.25) is 4.57 Å². The number of hydrogen-bond donors (Lipinski definition) is 1. The second-order valence-corrected chi connectivity index (χ2v) is 3.33. The molecule has 0 fully saturated rings. The summed E-state index contributed by atoms with van der Waals surface area (Å²) in [5.74, 6) is 0.894. The van der Waals surface area contributed by atoms with E-state index in [1.165, 1.54) is 0 Å². The van der Waals surface area contributed by atoms with Crippen molar-refractivity contribution in [1.82, 2.24) is 14.8 Å². The molecule has 0 aromatic carbocycles. The normalized spacial score (nSPS) is 10.9. The van der Waals surface area contributed by atoms with Crippen LogP contribution in [0.15, 0.2) is 0 Å². The van der Waals surface area contributed by atoms with Crippen molar-refractivity contribution in [2.75, 3.05) is 13.2 Å². The Morgan fingerprint density at radius 3 is 2.64 bits per heavy atom. The lowest BCUT2D eigenvalue weighted by Crippen LogP contribution is -2.13. The third-order valence-electron chi connectivity index (χ3n) is 1.89. The fourth-order valence-electron chi connectivity index (χ4n) is 1.35. The van der Waals surface area contributed by atoms with Gasteiger partial charge < -0.3 is 10.5 Å². The van der Waals surface area contributed by atoms with Crippen LogP contribution in [0.2, 0.25) is 0 Å². The molecule has 0 aliphatic carbocycles. The van der Waals surface area contributed by atoms with Crippen LogP contribution >= 0.6 is 0 Å². The van der Waals surface area contributed by atoms with Crippen molar-refractivity contribution in [1.29, 1.82) is 0 Å². The van der Waals surface area contributed by atoms with E-state index >= 15 is 0 Å². The summed E-state index contributed by atoms with van der Waals surface area (Å²) in [5.41, 5.74) is 5.49. The summed E-state index contributed by atoms with van der Waals surface area (Å²) in [5, 5.41) is 8.03. The van der Waals surface area contributed by atoms with Crippen LogP contribution in [-0.2, 0) is 6.42 Å². The fourth-order valence-corrected chi connectivity index (χ4v) is 1.35. The molecule has 1 aromatic rings. The molecular weight excluding hydrogens is 180 g/mol. The molecule has 0 aliphatic heterocycles. The van der Waals surface area contributed by atoms with Gasteiger partial charge in [0, 0.05) is 12.5 Å². The topological polar surface area (TPSA) is 66.0 Å². The Bertz CT molecular complexity index is 259. The van der Waals surface area contributed by atoms with Crippen LogP contribution in [0.25, 0.3) is 0 Å². The van der Waals surface area contributed by atoms with Crippen molar-refractivity contribution in [2.45, 2.75) is 33.2 Å². The van der Waals surface area contributed by atoms with Crippen LogP contribution in [0.1, 0.15) is 32.6 Å². The van der Waals surface area contributed by atoms with E-state index in [-0.39, 0.29) is 0 Å². The molecule has 0 radical (unpaired) electrons. The predicted octanol–water partition coefficient (Wildman–Crippen LogP) is 0.759. The molecule has 0 bridgehead atoms. The summed E-state index contributed by atoms with van der Waals surface area (Å²) in [7, 11) is 0. The zero-order valence-corrected chi connectivity index (χ0v) is 9.03. The number of ether oxygens (including phenoxy) is 1. The lowest BCUT2D eigenvalue weighted by atomic mass is 10.3. The van der Waals surface area contributed by atoms with Crippen molar-refractivity contribution in [3.63, 3.8) is 0 Å². The van der Waals surface area contributed by atoms with Crippen molar-refractivity contribution in [3.05, 3.63) is 5.82 Å². The molecule has 5 nitrogen and oxygen atoms in total. The first-order chi connectivity index (χ1) is 6.70. The van der Waals surface area contributed by atoms with E-state index in [2.05, 4.69) is 24.0 Å². The molecule has 1 heterocycles. The Hall–Kier alpha value is -1.10. The highest BCUT2D eigenvalue weighted by atomic mass is 16.5. The lowest BCUT2D eigenvalue weighted by Gasteiger charge is -2.12. The second kappa shape index (κ2) is 4.95. The quantitative estimate of drug-likeness (QED) is 0.758. The standard InChI is InChI=1S/C9H18N4O/c1-4-14-9-12-11-8(5-6-10)13(9)7(2)3/h7H,4-6,10H2,1-3H3. The fraction of sp³-hybridized carbons (Fsp3) is 0.778. The monoisotopic (exact) mass is 198 g/mol. The Morgan fingerprint density at radius 2 is 2.14 bits per heavy atom. The smallest absolute Gasteiger partial charge is 0.317 e. The van der Waals surface area contributed by atoms with Crippen molar-refractivity contribution < 1.29 is 4.74 Å². The highest BCUT2D eigenvalue weighted by Gasteiger charge is 2.14. The minimum atomic E-state index is 0.299. The van der Waals surface area contributed by atoms with Gasteiger partial charge in [-0.2, -0.15) is 0 Å². The van der Waals surface area contributed by atoms with Crippen LogP contribution in [0.3, 0.4) is 0 Å². The summed E-state index contributed by atoms with van der Waals surface area (Å²) in [4.78, 5) is 0. The summed E-state index contributed by atoms with van der Waals surface area (Å²) in [6.07, 6.45) is 0.734. The van der Waals surface area contributed by atoms with Gasteiger partial charge in [0.2, 0.25) is 0 Å². The number of hydrogen-bond acceptors (Lipinski definition) is 4. The van der Waals surface area contributed by atoms with Gasteiger partial charge in [0.15, 0.2) is 0 Å². The first kappa shape index (κ1) is 11.0. The van der Waals surface area contributed by atoms with Gasteiger partial charge in [0.1, 0.15) is 5.82 Å². The lowest BCUT2D eigenvalue weighted by molar-refractivity contribution is 0.287. The molecule has 0 saturated heterocycles. The maximum absolute atomic E-state index is 5.49. The Morgan fingerprint density at radius 1 is 1.43 bits per heavy atom. The minimum absolute atomic E-state index is 0.299. The van der Waals surface area contributed by atoms with E-state index in [1.54, 1.807) is 0 Å². The number of aromatic nitrogens is 3. The molecule has 0 spiro atoms.